The number of benzene rings is 1. The molecular formula is C20H21ClN2O5. The average Bonchev–Trinajstić information content (AvgIpc) is 3.33. The van der Waals surface area contributed by atoms with Crippen LogP contribution < -0.4 is 5.32 Å². The van der Waals surface area contributed by atoms with Crippen molar-refractivity contribution in [3.63, 3.8) is 0 Å². The van der Waals surface area contributed by atoms with Gasteiger partial charge in [-0.3, -0.25) is 24.1 Å². The molecule has 2 aliphatic carbocycles. The molecule has 1 saturated heterocycles. The molecule has 3 aliphatic rings. The van der Waals surface area contributed by atoms with Crippen LogP contribution in [0.25, 0.3) is 0 Å². The number of hydrogen-bond donors (Lipinski definition) is 1. The average molecular weight is 405 g/mol. The Morgan fingerprint density at radius 1 is 1.18 bits per heavy atom. The number of ether oxygens (including phenoxy) is 1. The monoisotopic (exact) mass is 404 g/mol. The minimum atomic E-state index is -0.772. The van der Waals surface area contributed by atoms with Gasteiger partial charge in [-0.15, -0.1) is 0 Å². The van der Waals surface area contributed by atoms with Crippen LogP contribution in [0.15, 0.2) is 18.2 Å². The first-order valence-corrected chi connectivity index (χ1v) is 9.80. The van der Waals surface area contributed by atoms with Crippen LogP contribution in [-0.4, -0.2) is 41.7 Å². The molecule has 8 heteroatoms. The van der Waals surface area contributed by atoms with E-state index in [4.69, 9.17) is 16.3 Å². The molecule has 2 bridgehead atoms. The molecule has 28 heavy (non-hydrogen) atoms. The molecule has 3 fully saturated rings. The molecule has 0 radical (unpaired) electrons. The lowest BCUT2D eigenvalue weighted by Crippen LogP contribution is -2.38. The predicted molar refractivity (Wildman–Crippen MR) is 100 cm³/mol. The molecule has 0 unspecified atom stereocenters. The van der Waals surface area contributed by atoms with Gasteiger partial charge in [-0.05, 0) is 55.7 Å². The van der Waals surface area contributed by atoms with Gasteiger partial charge in [0.2, 0.25) is 11.8 Å². The lowest BCUT2D eigenvalue weighted by molar-refractivity contribution is -0.154. The Morgan fingerprint density at radius 3 is 2.43 bits per heavy atom. The van der Waals surface area contributed by atoms with Crippen molar-refractivity contribution in [3.05, 3.63) is 28.8 Å². The van der Waals surface area contributed by atoms with Crippen molar-refractivity contribution < 1.29 is 23.9 Å². The van der Waals surface area contributed by atoms with E-state index in [1.54, 1.807) is 18.2 Å². The van der Waals surface area contributed by atoms with Gasteiger partial charge in [-0.1, -0.05) is 17.7 Å². The maximum Gasteiger partial charge on any atom is 0.326 e. The number of hydrogen-bond acceptors (Lipinski definition) is 5. The number of rotatable bonds is 5. The normalized spacial score (nSPS) is 27.9. The number of halogens is 1. The fourth-order valence-electron chi connectivity index (χ4n) is 4.81. The van der Waals surface area contributed by atoms with Crippen LogP contribution in [-0.2, 0) is 23.9 Å². The maximum atomic E-state index is 12.6. The zero-order valence-corrected chi connectivity index (χ0v) is 16.2. The molecule has 1 N–H and O–H groups in total. The Bertz CT molecular complexity index is 842. The number of carbonyl (C=O) groups is 4. The van der Waals surface area contributed by atoms with Crippen molar-refractivity contribution in [1.82, 2.24) is 4.90 Å². The largest absolute Gasteiger partial charge is 0.454 e. The highest BCUT2D eigenvalue weighted by Gasteiger charge is 2.61. The third-order valence-corrected chi connectivity index (χ3v) is 6.53. The molecule has 1 heterocycles. The summed E-state index contributed by atoms with van der Waals surface area (Å²) in [6.07, 6.45) is 2.90. The van der Waals surface area contributed by atoms with E-state index in [9.17, 15) is 19.2 Å². The van der Waals surface area contributed by atoms with E-state index in [0.29, 0.717) is 10.7 Å². The van der Waals surface area contributed by atoms with Crippen LogP contribution in [0.5, 0.6) is 0 Å². The molecular weight excluding hydrogens is 384 g/mol. The number of carbonyl (C=O) groups excluding carboxylic acids is 4. The summed E-state index contributed by atoms with van der Waals surface area (Å²) in [6.45, 7) is 0.905. The zero-order valence-electron chi connectivity index (χ0n) is 15.4. The molecule has 0 spiro atoms. The Balaban J connectivity index is 1.29. The number of imide groups is 1. The molecule has 1 aromatic carbocycles. The van der Waals surface area contributed by atoms with Gasteiger partial charge in [-0.25, -0.2) is 0 Å². The van der Waals surface area contributed by atoms with E-state index in [-0.39, 0.29) is 35.5 Å². The zero-order chi connectivity index (χ0) is 20.0. The first-order chi connectivity index (χ1) is 13.3. The summed E-state index contributed by atoms with van der Waals surface area (Å²) >= 11 is 6.01. The molecule has 3 amide bonds. The van der Waals surface area contributed by atoms with Gasteiger partial charge < -0.3 is 10.1 Å². The summed E-state index contributed by atoms with van der Waals surface area (Å²) in [7, 11) is 0. The molecule has 4 rings (SSSR count). The maximum absolute atomic E-state index is 12.6. The number of aryl methyl sites for hydroxylation is 1. The van der Waals surface area contributed by atoms with Gasteiger partial charge in [0.1, 0.15) is 6.54 Å². The van der Waals surface area contributed by atoms with Crippen molar-refractivity contribution in [2.24, 2.45) is 23.7 Å². The van der Waals surface area contributed by atoms with Crippen LogP contribution in [0.3, 0.4) is 0 Å². The summed E-state index contributed by atoms with van der Waals surface area (Å²) in [5.74, 6) is -1.84. The Hall–Kier alpha value is -2.41. The van der Waals surface area contributed by atoms with Gasteiger partial charge in [0, 0.05) is 10.7 Å². The minimum Gasteiger partial charge on any atom is -0.454 e. The van der Waals surface area contributed by atoms with Crippen LogP contribution in [0.2, 0.25) is 5.02 Å². The van der Waals surface area contributed by atoms with Crippen LogP contribution >= 0.6 is 11.6 Å². The van der Waals surface area contributed by atoms with Crippen molar-refractivity contribution in [2.75, 3.05) is 18.5 Å². The van der Waals surface area contributed by atoms with E-state index in [2.05, 4.69) is 5.32 Å². The molecule has 0 aromatic heterocycles. The van der Waals surface area contributed by atoms with Gasteiger partial charge in [-0.2, -0.15) is 0 Å². The topological polar surface area (TPSA) is 92.8 Å². The quantitative estimate of drug-likeness (QED) is 0.599. The highest BCUT2D eigenvalue weighted by Crippen LogP contribution is 2.56. The summed E-state index contributed by atoms with van der Waals surface area (Å²) < 4.78 is 4.95. The first-order valence-electron chi connectivity index (χ1n) is 9.42. The fraction of sp³-hybridized carbons (Fsp3) is 0.500. The third-order valence-electron chi connectivity index (χ3n) is 6.13. The smallest absolute Gasteiger partial charge is 0.326 e. The fourth-order valence-corrected chi connectivity index (χ4v) is 5.00. The molecule has 1 aliphatic heterocycles. The Labute approximate surface area is 167 Å². The second-order valence-electron chi connectivity index (χ2n) is 7.82. The number of likely N-dealkylation sites (tertiary alicyclic amines) is 1. The van der Waals surface area contributed by atoms with E-state index >= 15 is 0 Å². The standard InChI is InChI=1S/C20H21ClN2O5/c1-10-2-5-13(7-14(10)21)22-15(24)9-28-16(25)8-23-19(26)17-11-3-4-12(6-11)18(17)20(23)27/h2,5,7,11-12,17-18H,3-4,6,8-9H2,1H3,(H,22,24)/t11-,12-,17+,18+/m0/s1. The first kappa shape index (κ1) is 18.9. The summed E-state index contributed by atoms with van der Waals surface area (Å²) in [4.78, 5) is 50.2. The number of esters is 1. The predicted octanol–water partition coefficient (Wildman–Crippen LogP) is 2.16. The molecule has 1 aromatic rings. The SMILES string of the molecule is Cc1ccc(NC(=O)COC(=O)CN2C(=O)[C@@H]3[C@H]4CC[C@@H](C4)[C@H]3C2=O)cc1Cl. The van der Waals surface area contributed by atoms with Gasteiger partial charge >= 0.3 is 5.97 Å². The molecule has 2 saturated carbocycles. The number of fused-ring (bicyclic) bond motifs is 5. The van der Waals surface area contributed by atoms with Gasteiger partial charge in [0.25, 0.3) is 5.91 Å². The van der Waals surface area contributed by atoms with Crippen molar-refractivity contribution in [1.29, 1.82) is 0 Å². The second kappa shape index (κ2) is 7.20. The second-order valence-corrected chi connectivity index (χ2v) is 8.23. The van der Waals surface area contributed by atoms with Crippen molar-refractivity contribution >= 4 is 41.0 Å². The van der Waals surface area contributed by atoms with E-state index in [1.165, 1.54) is 0 Å². The molecule has 4 atom stereocenters. The summed E-state index contributed by atoms with van der Waals surface area (Å²) in [5, 5.41) is 3.09. The lowest BCUT2D eigenvalue weighted by atomic mass is 9.81. The summed E-state index contributed by atoms with van der Waals surface area (Å²) in [5.41, 5.74) is 1.37. The van der Waals surface area contributed by atoms with Crippen molar-refractivity contribution in [3.8, 4) is 0 Å². The van der Waals surface area contributed by atoms with Crippen LogP contribution in [0.1, 0.15) is 24.8 Å². The summed E-state index contributed by atoms with van der Waals surface area (Å²) in [6, 6.07) is 5.05. The Morgan fingerprint density at radius 2 is 1.82 bits per heavy atom. The minimum absolute atomic E-state index is 0.264. The van der Waals surface area contributed by atoms with E-state index in [0.717, 1.165) is 29.7 Å². The Kier molecular flexibility index (Phi) is 4.87. The number of nitrogens with one attached hydrogen (secondary N) is 1. The number of anilines is 1. The molecule has 148 valence electrons. The highest BCUT2D eigenvalue weighted by molar-refractivity contribution is 6.31. The highest BCUT2D eigenvalue weighted by atomic mass is 35.5. The van der Waals surface area contributed by atoms with E-state index < -0.39 is 25.0 Å². The lowest BCUT2D eigenvalue weighted by Gasteiger charge is -2.19. The van der Waals surface area contributed by atoms with E-state index in [1.807, 2.05) is 6.92 Å². The third kappa shape index (κ3) is 3.28. The van der Waals surface area contributed by atoms with Gasteiger partial charge in [0.05, 0.1) is 11.8 Å². The van der Waals surface area contributed by atoms with Crippen LogP contribution in [0, 0.1) is 30.6 Å². The van der Waals surface area contributed by atoms with Crippen molar-refractivity contribution in [2.45, 2.75) is 26.2 Å². The van der Waals surface area contributed by atoms with Crippen LogP contribution in [0.4, 0.5) is 5.69 Å². The number of nitrogens with zero attached hydrogens (tertiary/aromatic N) is 1. The number of amides is 3. The molecule has 7 nitrogen and oxygen atoms in total. The van der Waals surface area contributed by atoms with Gasteiger partial charge in [0.15, 0.2) is 6.61 Å².